The summed E-state index contributed by atoms with van der Waals surface area (Å²) in [4.78, 5) is 27.1. The molecule has 4 saturated carbocycles. The lowest BCUT2D eigenvalue weighted by atomic mass is 9.54. The van der Waals surface area contributed by atoms with Crippen molar-refractivity contribution in [2.45, 2.75) is 90.1 Å². The number of hydrogen-bond acceptors (Lipinski definition) is 5. The largest absolute Gasteiger partial charge is 0.468 e. The van der Waals surface area contributed by atoms with Gasteiger partial charge in [-0.1, -0.05) is 0 Å². The van der Waals surface area contributed by atoms with Gasteiger partial charge < -0.3 is 19.7 Å². The third-order valence-electron chi connectivity index (χ3n) is 8.89. The van der Waals surface area contributed by atoms with Crippen LogP contribution in [0.3, 0.4) is 0 Å². The lowest BCUT2D eigenvalue weighted by molar-refractivity contribution is -0.154. The number of halogens is 3. The minimum atomic E-state index is -4.53. The van der Waals surface area contributed by atoms with Gasteiger partial charge in [-0.2, -0.15) is 18.3 Å². The average molecular weight is 541 g/mol. The van der Waals surface area contributed by atoms with Crippen LogP contribution in [0.4, 0.5) is 18.0 Å². The van der Waals surface area contributed by atoms with Gasteiger partial charge in [-0.05, 0) is 94.8 Å². The maximum Gasteiger partial charge on any atom is 0.422 e. The van der Waals surface area contributed by atoms with E-state index in [0.717, 1.165) is 50.4 Å². The summed E-state index contributed by atoms with van der Waals surface area (Å²) in [6.45, 7) is 3.63. The number of aromatic nitrogens is 2. The van der Waals surface area contributed by atoms with Crippen molar-refractivity contribution in [2.24, 2.45) is 29.6 Å². The molecule has 0 aromatic carbocycles. The van der Waals surface area contributed by atoms with E-state index < -0.39 is 18.7 Å². The summed E-state index contributed by atoms with van der Waals surface area (Å²) >= 11 is 0. The maximum absolute atomic E-state index is 13.3. The Balaban J connectivity index is 1.21. The smallest absolute Gasteiger partial charge is 0.422 e. The van der Waals surface area contributed by atoms with Gasteiger partial charge in [0, 0.05) is 25.7 Å². The third kappa shape index (κ3) is 6.22. The molecule has 1 aromatic rings. The van der Waals surface area contributed by atoms with Crippen LogP contribution < -0.4 is 10.1 Å². The topological polar surface area (TPSA) is 85.7 Å². The number of rotatable bonds is 8. The standard InChI is InChI=1S/C27H39F3N4O4/c1-16(2)38-26(36)33-6-3-17(4-7-33)5-8-34-25(37-15-27(28,29)30)22(14-31-34)24(35)32-23-20-10-18-9-19(12-20)13-21(23)11-18/h14,16-21,23H,3-13,15H2,1-2H3,(H,32,35). The fourth-order valence-electron chi connectivity index (χ4n) is 7.37. The summed E-state index contributed by atoms with van der Waals surface area (Å²) in [5, 5.41) is 7.42. The number of piperidine rings is 1. The first kappa shape index (κ1) is 27.1. The van der Waals surface area contributed by atoms with Crippen LogP contribution in [0.2, 0.25) is 0 Å². The quantitative estimate of drug-likeness (QED) is 0.500. The zero-order valence-corrected chi connectivity index (χ0v) is 22.2. The Bertz CT molecular complexity index is 975. The van der Waals surface area contributed by atoms with Crippen LogP contribution in [0.25, 0.3) is 0 Å². The summed E-state index contributed by atoms with van der Waals surface area (Å²) in [5.41, 5.74) is 0.0642. The zero-order valence-electron chi connectivity index (χ0n) is 22.2. The van der Waals surface area contributed by atoms with E-state index in [1.54, 1.807) is 4.90 Å². The Morgan fingerprint density at radius 1 is 1.08 bits per heavy atom. The highest BCUT2D eigenvalue weighted by atomic mass is 19.4. The van der Waals surface area contributed by atoms with E-state index >= 15 is 0 Å². The molecule has 5 aliphatic rings. The number of nitrogens with one attached hydrogen (secondary N) is 1. The molecule has 4 aliphatic carbocycles. The van der Waals surface area contributed by atoms with Gasteiger partial charge in [0.05, 0.1) is 12.3 Å². The van der Waals surface area contributed by atoms with Crippen molar-refractivity contribution < 1.29 is 32.2 Å². The fraction of sp³-hybridized carbons (Fsp3) is 0.815. The van der Waals surface area contributed by atoms with Gasteiger partial charge in [0.15, 0.2) is 6.61 Å². The van der Waals surface area contributed by atoms with Gasteiger partial charge >= 0.3 is 12.3 Å². The van der Waals surface area contributed by atoms with Crippen molar-refractivity contribution in [3.8, 4) is 5.88 Å². The molecule has 0 spiro atoms. The van der Waals surface area contributed by atoms with Crippen molar-refractivity contribution in [3.05, 3.63) is 11.8 Å². The van der Waals surface area contributed by atoms with E-state index in [1.807, 2.05) is 13.8 Å². The zero-order chi connectivity index (χ0) is 27.0. The van der Waals surface area contributed by atoms with Gasteiger partial charge in [-0.25, -0.2) is 9.48 Å². The number of aryl methyl sites for hydroxylation is 1. The second-order valence-corrected chi connectivity index (χ2v) is 12.1. The molecule has 0 radical (unpaired) electrons. The Labute approximate surface area is 221 Å². The lowest BCUT2D eigenvalue weighted by Crippen LogP contribution is -2.55. The van der Waals surface area contributed by atoms with E-state index in [4.69, 9.17) is 9.47 Å². The highest BCUT2D eigenvalue weighted by molar-refractivity contribution is 5.96. The molecule has 5 fully saturated rings. The normalized spacial score (nSPS) is 29.1. The number of ether oxygens (including phenoxy) is 2. The molecule has 1 N–H and O–H groups in total. The molecule has 1 saturated heterocycles. The van der Waals surface area contributed by atoms with Gasteiger partial charge in [0.1, 0.15) is 5.56 Å². The second kappa shape index (κ2) is 11.0. The number of carbonyl (C=O) groups excluding carboxylic acids is 2. The van der Waals surface area contributed by atoms with E-state index in [9.17, 15) is 22.8 Å². The van der Waals surface area contributed by atoms with E-state index in [-0.39, 0.29) is 35.6 Å². The minimum absolute atomic E-state index is 0.0642. The molecule has 4 bridgehead atoms. The molecule has 2 amide bonds. The molecule has 38 heavy (non-hydrogen) atoms. The Hall–Kier alpha value is -2.46. The molecule has 1 aromatic heterocycles. The van der Waals surface area contributed by atoms with Crippen LogP contribution in [0.5, 0.6) is 5.88 Å². The van der Waals surface area contributed by atoms with Crippen LogP contribution in [-0.4, -0.2) is 64.7 Å². The predicted octanol–water partition coefficient (Wildman–Crippen LogP) is 5.03. The molecule has 8 nitrogen and oxygen atoms in total. The first-order chi connectivity index (χ1) is 18.1. The van der Waals surface area contributed by atoms with Crippen LogP contribution in [-0.2, 0) is 11.3 Å². The molecular formula is C27H39F3N4O4. The van der Waals surface area contributed by atoms with Crippen molar-refractivity contribution in [1.82, 2.24) is 20.0 Å². The number of alkyl halides is 3. The Morgan fingerprint density at radius 3 is 2.29 bits per heavy atom. The van der Waals surface area contributed by atoms with Gasteiger partial charge in [0.25, 0.3) is 5.91 Å². The maximum atomic E-state index is 13.3. The van der Waals surface area contributed by atoms with Crippen LogP contribution >= 0.6 is 0 Å². The number of nitrogens with zero attached hydrogens (tertiary/aromatic N) is 3. The molecule has 212 valence electrons. The molecule has 0 atom stereocenters. The SMILES string of the molecule is CC(C)OC(=O)N1CCC(CCn2ncc(C(=O)NC3C4CC5CC(C4)CC3C5)c2OCC(F)(F)F)CC1. The molecule has 11 heteroatoms. The average Bonchev–Trinajstić information content (AvgIpc) is 3.25. The number of hydrogen-bond donors (Lipinski definition) is 1. The van der Waals surface area contributed by atoms with Crippen LogP contribution in [0.15, 0.2) is 6.20 Å². The highest BCUT2D eigenvalue weighted by Gasteiger charge is 2.49. The van der Waals surface area contributed by atoms with Gasteiger partial charge in [0.2, 0.25) is 5.88 Å². The Morgan fingerprint density at radius 2 is 1.71 bits per heavy atom. The molecule has 0 unspecified atom stereocenters. The summed E-state index contributed by atoms with van der Waals surface area (Å²) < 4.78 is 50.9. The fourth-order valence-corrected chi connectivity index (χ4v) is 7.37. The van der Waals surface area contributed by atoms with E-state index in [1.165, 1.54) is 17.3 Å². The van der Waals surface area contributed by atoms with E-state index in [2.05, 4.69) is 10.4 Å². The van der Waals surface area contributed by atoms with Crippen LogP contribution in [0.1, 0.15) is 75.6 Å². The highest BCUT2D eigenvalue weighted by Crippen LogP contribution is 2.53. The summed E-state index contributed by atoms with van der Waals surface area (Å²) in [6, 6.07) is 0.0710. The lowest BCUT2D eigenvalue weighted by Gasteiger charge is -2.54. The molecule has 2 heterocycles. The third-order valence-corrected chi connectivity index (χ3v) is 8.89. The van der Waals surface area contributed by atoms with Crippen molar-refractivity contribution in [2.75, 3.05) is 19.7 Å². The number of carbonyl (C=O) groups is 2. The number of likely N-dealkylation sites (tertiary alicyclic amines) is 1. The summed E-state index contributed by atoms with van der Waals surface area (Å²) in [7, 11) is 0. The van der Waals surface area contributed by atoms with Gasteiger partial charge in [-0.15, -0.1) is 0 Å². The van der Waals surface area contributed by atoms with Crippen molar-refractivity contribution in [3.63, 3.8) is 0 Å². The van der Waals surface area contributed by atoms with Crippen molar-refractivity contribution in [1.29, 1.82) is 0 Å². The molecular weight excluding hydrogens is 501 g/mol. The minimum Gasteiger partial charge on any atom is -0.468 e. The monoisotopic (exact) mass is 540 g/mol. The van der Waals surface area contributed by atoms with Gasteiger partial charge in [-0.3, -0.25) is 4.79 Å². The summed E-state index contributed by atoms with van der Waals surface area (Å²) in [6.07, 6.45) is 4.33. The van der Waals surface area contributed by atoms with Crippen molar-refractivity contribution >= 4 is 12.0 Å². The predicted molar refractivity (Wildman–Crippen MR) is 133 cm³/mol. The molecule has 1 aliphatic heterocycles. The summed E-state index contributed by atoms with van der Waals surface area (Å²) in [5.74, 6) is 2.17. The number of amides is 2. The first-order valence-electron chi connectivity index (χ1n) is 14.1. The van der Waals surface area contributed by atoms with E-state index in [0.29, 0.717) is 37.9 Å². The second-order valence-electron chi connectivity index (χ2n) is 12.1. The first-order valence-corrected chi connectivity index (χ1v) is 14.1. The molecule has 6 rings (SSSR count). The Kier molecular flexibility index (Phi) is 7.82. The van der Waals surface area contributed by atoms with Crippen LogP contribution in [0, 0.1) is 29.6 Å².